The van der Waals surface area contributed by atoms with Crippen LogP contribution < -0.4 is 4.72 Å². The number of nitrogens with zero attached hydrogens (tertiary/aromatic N) is 2. The van der Waals surface area contributed by atoms with Crippen molar-refractivity contribution in [2.45, 2.75) is 24.5 Å². The highest BCUT2D eigenvalue weighted by atomic mass is 35.5. The maximum absolute atomic E-state index is 12.9. The van der Waals surface area contributed by atoms with Crippen molar-refractivity contribution >= 4 is 38.4 Å². The summed E-state index contributed by atoms with van der Waals surface area (Å²) >= 11 is 6.08. The number of alkyl halides is 3. The molecule has 0 aliphatic heterocycles. The number of carbonyl (C=O) groups excluding carboxylic acids is 1. The molecule has 1 amide bonds. The van der Waals surface area contributed by atoms with Gasteiger partial charge in [-0.05, 0) is 42.3 Å². The molecule has 0 aliphatic rings. The van der Waals surface area contributed by atoms with Gasteiger partial charge in [0.2, 0.25) is 0 Å². The lowest BCUT2D eigenvalue weighted by Gasteiger charge is -2.10. The van der Waals surface area contributed by atoms with Crippen LogP contribution in [0.4, 0.5) is 13.2 Å². The first kappa shape index (κ1) is 23.8. The molecule has 0 saturated heterocycles. The molecule has 0 radical (unpaired) electrons. The molecule has 11 heteroatoms. The molecule has 4 rings (SSSR count). The van der Waals surface area contributed by atoms with Gasteiger partial charge in [0.05, 0.1) is 22.5 Å². The summed E-state index contributed by atoms with van der Waals surface area (Å²) in [7, 11) is -4.16. The Balaban J connectivity index is 1.69. The molecule has 0 atom stereocenters. The number of rotatable bonds is 5. The highest BCUT2D eigenvalue weighted by Crippen LogP contribution is 2.32. The molecule has 0 saturated carbocycles. The van der Waals surface area contributed by atoms with Gasteiger partial charge in [0, 0.05) is 10.4 Å². The van der Waals surface area contributed by atoms with Gasteiger partial charge in [0.25, 0.3) is 15.9 Å². The second-order valence-electron chi connectivity index (χ2n) is 7.53. The van der Waals surface area contributed by atoms with Crippen LogP contribution in [0, 0.1) is 6.92 Å². The Kier molecular flexibility index (Phi) is 6.13. The fraction of sp³-hybridized carbons (Fsp3) is 0.130. The minimum Gasteiger partial charge on any atom is -0.266 e. The van der Waals surface area contributed by atoms with Crippen LogP contribution in [0.5, 0.6) is 0 Å². The van der Waals surface area contributed by atoms with Gasteiger partial charge < -0.3 is 0 Å². The second kappa shape index (κ2) is 8.77. The minimum atomic E-state index is -4.53. The normalized spacial score (nSPS) is 12.1. The molecule has 34 heavy (non-hydrogen) atoms. The Morgan fingerprint density at radius 1 is 1.06 bits per heavy atom. The van der Waals surface area contributed by atoms with Crippen molar-refractivity contribution in [2.24, 2.45) is 0 Å². The summed E-state index contributed by atoms with van der Waals surface area (Å²) in [6, 6.07) is 15.8. The summed E-state index contributed by atoms with van der Waals surface area (Å²) in [5.74, 6) is -0.934. The van der Waals surface area contributed by atoms with E-state index >= 15 is 0 Å². The lowest BCUT2D eigenvalue weighted by Crippen LogP contribution is -2.31. The number of hydrogen-bond acceptors (Lipinski definition) is 4. The van der Waals surface area contributed by atoms with Crippen LogP contribution in [-0.2, 0) is 22.7 Å². The van der Waals surface area contributed by atoms with E-state index in [9.17, 15) is 26.4 Å². The number of hydrogen-bond donors (Lipinski definition) is 1. The first-order chi connectivity index (χ1) is 16.0. The van der Waals surface area contributed by atoms with Crippen molar-refractivity contribution in [3.63, 3.8) is 0 Å². The number of nitrogens with one attached hydrogen (secondary N) is 1. The van der Waals surface area contributed by atoms with Gasteiger partial charge in [-0.2, -0.15) is 18.3 Å². The smallest absolute Gasteiger partial charge is 0.266 e. The number of amides is 1. The third kappa shape index (κ3) is 4.64. The zero-order valence-electron chi connectivity index (χ0n) is 17.6. The number of aromatic nitrogens is 2. The average Bonchev–Trinajstić information content (AvgIpc) is 3.13. The van der Waals surface area contributed by atoms with Gasteiger partial charge in [-0.3, -0.25) is 9.48 Å². The predicted octanol–water partition coefficient (Wildman–Crippen LogP) is 5.18. The molecule has 176 valence electrons. The van der Waals surface area contributed by atoms with E-state index < -0.39 is 27.7 Å². The molecule has 3 aromatic carbocycles. The lowest BCUT2D eigenvalue weighted by molar-refractivity contribution is -0.137. The zero-order chi connectivity index (χ0) is 24.7. The second-order valence-corrected chi connectivity index (χ2v) is 9.59. The van der Waals surface area contributed by atoms with E-state index in [1.165, 1.54) is 16.8 Å². The summed E-state index contributed by atoms with van der Waals surface area (Å²) < 4.78 is 67.8. The number of carbonyl (C=O) groups is 1. The zero-order valence-corrected chi connectivity index (χ0v) is 19.2. The van der Waals surface area contributed by atoms with Crippen molar-refractivity contribution in [1.82, 2.24) is 14.5 Å². The van der Waals surface area contributed by atoms with Crippen molar-refractivity contribution in [2.75, 3.05) is 0 Å². The van der Waals surface area contributed by atoms with E-state index in [1.807, 2.05) is 4.72 Å². The van der Waals surface area contributed by atoms with Crippen LogP contribution in [0.15, 0.2) is 71.6 Å². The fourth-order valence-corrected chi connectivity index (χ4v) is 4.95. The molecule has 1 heterocycles. The Hall–Kier alpha value is -3.37. The molecule has 0 fully saturated rings. The van der Waals surface area contributed by atoms with Gasteiger partial charge in [0.1, 0.15) is 0 Å². The monoisotopic (exact) mass is 507 g/mol. The molecule has 0 spiro atoms. The van der Waals surface area contributed by atoms with E-state index in [0.29, 0.717) is 22.0 Å². The maximum Gasteiger partial charge on any atom is 0.416 e. The molecule has 4 aromatic rings. The van der Waals surface area contributed by atoms with Crippen molar-refractivity contribution in [3.05, 3.63) is 94.1 Å². The largest absolute Gasteiger partial charge is 0.416 e. The van der Waals surface area contributed by atoms with Crippen molar-refractivity contribution < 1.29 is 26.4 Å². The molecule has 1 N–H and O–H groups in total. The first-order valence-corrected chi connectivity index (χ1v) is 11.8. The third-order valence-electron chi connectivity index (χ3n) is 5.18. The van der Waals surface area contributed by atoms with Gasteiger partial charge in [-0.15, -0.1) is 0 Å². The highest BCUT2D eigenvalue weighted by Gasteiger charge is 2.31. The van der Waals surface area contributed by atoms with E-state index in [0.717, 1.165) is 12.1 Å². The molecule has 0 bridgehead atoms. The number of fused-ring (bicyclic) bond motifs is 1. The molecular formula is C23H17ClF3N3O3S. The Bertz CT molecular complexity index is 1510. The van der Waals surface area contributed by atoms with Gasteiger partial charge in [-0.25, -0.2) is 13.1 Å². The fourth-order valence-electron chi connectivity index (χ4n) is 3.51. The molecule has 6 nitrogen and oxygen atoms in total. The Morgan fingerprint density at radius 3 is 2.41 bits per heavy atom. The van der Waals surface area contributed by atoms with E-state index in [2.05, 4.69) is 5.10 Å². The quantitative estimate of drug-likeness (QED) is 0.403. The van der Waals surface area contributed by atoms with Gasteiger partial charge in [0.15, 0.2) is 5.69 Å². The molecule has 0 unspecified atom stereocenters. The maximum atomic E-state index is 12.9. The van der Waals surface area contributed by atoms with Crippen LogP contribution in [0.2, 0.25) is 5.02 Å². The number of aryl methyl sites for hydroxylation is 1. The van der Waals surface area contributed by atoms with Crippen LogP contribution >= 0.6 is 11.6 Å². The summed E-state index contributed by atoms with van der Waals surface area (Å²) in [4.78, 5) is 12.9. The van der Waals surface area contributed by atoms with Crippen LogP contribution in [0.25, 0.3) is 10.9 Å². The number of halogens is 4. The summed E-state index contributed by atoms with van der Waals surface area (Å²) in [5, 5.41) is 4.53. The van der Waals surface area contributed by atoms with Crippen LogP contribution in [0.1, 0.15) is 27.2 Å². The molecule has 1 aromatic heterocycles. The summed E-state index contributed by atoms with van der Waals surface area (Å²) in [5.41, 5.74) is 0.276. The van der Waals surface area contributed by atoms with Crippen LogP contribution in [-0.4, -0.2) is 24.1 Å². The number of para-hydroxylation sites is 1. The standard InChI is InChI=1S/C23H17ClF3N3O3S/c1-14-6-2-5-9-20(14)34(32,33)29-22(31)21-17-7-3-4-8-19(17)30(28-21)13-15-10-11-16(12-18(15)24)23(25,26)27/h2-12H,13H2,1H3,(H,29,31). The van der Waals surface area contributed by atoms with E-state index in [4.69, 9.17) is 11.6 Å². The predicted molar refractivity (Wildman–Crippen MR) is 121 cm³/mol. The van der Waals surface area contributed by atoms with Crippen molar-refractivity contribution in [3.8, 4) is 0 Å². The average molecular weight is 508 g/mol. The lowest BCUT2D eigenvalue weighted by atomic mass is 10.1. The summed E-state index contributed by atoms with van der Waals surface area (Å²) in [6.45, 7) is 1.58. The number of sulfonamides is 1. The SMILES string of the molecule is Cc1ccccc1S(=O)(=O)NC(=O)c1nn(Cc2ccc(C(F)(F)F)cc2Cl)c2ccccc12. The summed E-state index contributed by atoms with van der Waals surface area (Å²) in [6.07, 6.45) is -4.53. The Morgan fingerprint density at radius 2 is 1.74 bits per heavy atom. The highest BCUT2D eigenvalue weighted by molar-refractivity contribution is 7.90. The number of benzene rings is 3. The van der Waals surface area contributed by atoms with E-state index in [-0.39, 0.29) is 22.2 Å². The molecular weight excluding hydrogens is 491 g/mol. The third-order valence-corrected chi connectivity index (χ3v) is 7.03. The van der Waals surface area contributed by atoms with Crippen LogP contribution in [0.3, 0.4) is 0 Å². The van der Waals surface area contributed by atoms with Gasteiger partial charge >= 0.3 is 6.18 Å². The van der Waals surface area contributed by atoms with Gasteiger partial charge in [-0.1, -0.05) is 54.1 Å². The van der Waals surface area contributed by atoms with Crippen molar-refractivity contribution in [1.29, 1.82) is 0 Å². The first-order valence-electron chi connectivity index (χ1n) is 9.91. The topological polar surface area (TPSA) is 81.1 Å². The van der Waals surface area contributed by atoms with E-state index in [1.54, 1.807) is 49.4 Å². The minimum absolute atomic E-state index is 0.0324. The Labute approximate surface area is 198 Å². The molecule has 0 aliphatic carbocycles.